The van der Waals surface area contributed by atoms with Gasteiger partial charge in [-0.15, -0.1) is 5.10 Å². The van der Waals surface area contributed by atoms with E-state index in [0.717, 1.165) is 4.68 Å². The van der Waals surface area contributed by atoms with Gasteiger partial charge in [0.1, 0.15) is 6.54 Å². The SMILES string of the molecule is CC(=O)c1nc(Cn2nc(-c3ccc(Cl)cc3)n(CC(=O)C(F)(F)F)c2=O)n[n]1[AlH2]. The summed E-state index contributed by atoms with van der Waals surface area (Å²) < 4.78 is 41.1. The van der Waals surface area contributed by atoms with Gasteiger partial charge in [0.05, 0.1) is 6.54 Å². The molecule has 2 aromatic heterocycles. The molecule has 0 N–H and O–H groups in total. The van der Waals surface area contributed by atoms with Crippen molar-refractivity contribution < 1.29 is 22.8 Å². The molecule has 0 aliphatic rings. The first-order chi connectivity index (χ1) is 14.0. The number of halogens is 4. The summed E-state index contributed by atoms with van der Waals surface area (Å²) >= 11 is 6.19. The lowest BCUT2D eigenvalue weighted by Crippen LogP contribution is -2.33. The first kappa shape index (κ1) is 21.9. The van der Waals surface area contributed by atoms with Crippen LogP contribution < -0.4 is 5.69 Å². The highest BCUT2D eigenvalue weighted by Gasteiger charge is 2.39. The fourth-order valence-corrected chi connectivity index (χ4v) is 3.45. The number of hydrogen-bond donors (Lipinski definition) is 0. The number of ketones is 2. The van der Waals surface area contributed by atoms with Crippen molar-refractivity contribution in [2.45, 2.75) is 26.2 Å². The lowest BCUT2D eigenvalue weighted by Gasteiger charge is -2.07. The molecular formula is C16H13AlClF3N6O3. The predicted octanol–water partition coefficient (Wildman–Crippen LogP) is 0.735. The predicted molar refractivity (Wildman–Crippen MR) is 101 cm³/mol. The molecule has 0 radical (unpaired) electrons. The van der Waals surface area contributed by atoms with Crippen LogP contribution in [0, 0.1) is 0 Å². The van der Waals surface area contributed by atoms with Crippen molar-refractivity contribution in [1.29, 1.82) is 0 Å². The third-order valence-electron chi connectivity index (χ3n) is 4.06. The largest absolute Gasteiger partial charge is 0.451 e. The van der Waals surface area contributed by atoms with E-state index in [1.807, 2.05) is 0 Å². The van der Waals surface area contributed by atoms with E-state index in [1.54, 1.807) is 0 Å². The van der Waals surface area contributed by atoms with Gasteiger partial charge < -0.3 is 3.67 Å². The highest BCUT2D eigenvalue weighted by atomic mass is 35.5. The van der Waals surface area contributed by atoms with Crippen LogP contribution in [0.4, 0.5) is 13.2 Å². The third-order valence-corrected chi connectivity index (χ3v) is 4.93. The third kappa shape index (κ3) is 4.53. The van der Waals surface area contributed by atoms with Crippen molar-refractivity contribution in [3.63, 3.8) is 0 Å². The van der Waals surface area contributed by atoms with E-state index >= 15 is 0 Å². The molecular weight excluding hydrogens is 444 g/mol. The molecule has 3 rings (SSSR count). The van der Waals surface area contributed by atoms with Gasteiger partial charge >= 0.3 is 28.4 Å². The van der Waals surface area contributed by atoms with Gasteiger partial charge in [-0.25, -0.2) is 14.5 Å². The Balaban J connectivity index is 2.06. The molecule has 14 heteroatoms. The summed E-state index contributed by atoms with van der Waals surface area (Å²) in [6.45, 7) is -0.214. The van der Waals surface area contributed by atoms with Crippen LogP contribution in [0.1, 0.15) is 23.4 Å². The molecule has 1 aromatic carbocycles. The van der Waals surface area contributed by atoms with Crippen LogP contribution in [0.25, 0.3) is 11.4 Å². The van der Waals surface area contributed by atoms with Crippen LogP contribution in [0.15, 0.2) is 29.1 Å². The topological polar surface area (TPSA) is 105 Å². The number of Topliss-reactive ketones (excluding diaryl/α,β-unsaturated/α-hetero) is 2. The lowest BCUT2D eigenvalue weighted by molar-refractivity contribution is -0.171. The minimum absolute atomic E-state index is 0.0896. The Morgan fingerprint density at radius 3 is 2.33 bits per heavy atom. The van der Waals surface area contributed by atoms with E-state index in [2.05, 4.69) is 15.2 Å². The lowest BCUT2D eigenvalue weighted by atomic mass is 10.2. The second-order valence-corrected chi connectivity index (χ2v) is 7.59. The molecule has 0 saturated heterocycles. The highest BCUT2D eigenvalue weighted by Crippen LogP contribution is 2.21. The summed E-state index contributed by atoms with van der Waals surface area (Å²) in [6, 6.07) is 5.86. The summed E-state index contributed by atoms with van der Waals surface area (Å²) in [5.41, 5.74) is -0.664. The molecule has 0 amide bonds. The maximum Gasteiger partial charge on any atom is 0.451 e. The fraction of sp³-hybridized carbons (Fsp3) is 0.250. The second-order valence-electron chi connectivity index (χ2n) is 6.31. The van der Waals surface area contributed by atoms with Crippen molar-refractivity contribution in [1.82, 2.24) is 28.1 Å². The standard InChI is InChI=1S/C16H12ClF3N6O3.Al.2H/c1-8(27)13-21-12(22-23-13)7-26-15(29)25(6-11(28)16(18,19)20)14(24-26)9-2-4-10(17)5-3-9;;;/h2-5H,6-7H2,1H3,(H,21,22,23,27);;;/q;+1;;/p-1. The molecule has 0 bridgehead atoms. The fourth-order valence-electron chi connectivity index (χ4n) is 2.68. The van der Waals surface area contributed by atoms with Crippen molar-refractivity contribution in [3.8, 4) is 11.4 Å². The van der Waals surface area contributed by atoms with Gasteiger partial charge in [0, 0.05) is 17.5 Å². The Bertz CT molecular complexity index is 1180. The highest BCUT2D eigenvalue weighted by molar-refractivity contribution is 6.30. The smallest absolute Gasteiger partial charge is 0.350 e. The molecule has 30 heavy (non-hydrogen) atoms. The normalized spacial score (nSPS) is 11.6. The minimum atomic E-state index is -5.11. The molecule has 0 saturated carbocycles. The number of benzene rings is 1. The number of carbonyl (C=O) groups is 2. The van der Waals surface area contributed by atoms with Crippen LogP contribution in [0.3, 0.4) is 0 Å². The van der Waals surface area contributed by atoms with Crippen molar-refractivity contribution in [2.75, 3.05) is 0 Å². The molecule has 0 spiro atoms. The summed E-state index contributed by atoms with van der Waals surface area (Å²) in [5, 5.41) is 8.50. The monoisotopic (exact) mass is 456 g/mol. The Labute approximate surface area is 179 Å². The van der Waals surface area contributed by atoms with Gasteiger partial charge in [0.15, 0.2) is 23.3 Å². The first-order valence-electron chi connectivity index (χ1n) is 8.42. The maximum atomic E-state index is 12.8. The van der Waals surface area contributed by atoms with E-state index < -0.39 is 24.2 Å². The average Bonchev–Trinajstić information content (AvgIpc) is 3.16. The first-order valence-corrected chi connectivity index (χ1v) is 9.69. The van der Waals surface area contributed by atoms with Gasteiger partial charge in [0.25, 0.3) is 5.78 Å². The van der Waals surface area contributed by atoms with Gasteiger partial charge in [-0.1, -0.05) is 11.6 Å². The van der Waals surface area contributed by atoms with Crippen LogP contribution >= 0.6 is 11.6 Å². The molecule has 3 aromatic rings. The zero-order valence-electron chi connectivity index (χ0n) is 15.6. The average molecular weight is 457 g/mol. The van der Waals surface area contributed by atoms with Gasteiger partial charge in [0.2, 0.25) is 0 Å². The van der Waals surface area contributed by atoms with E-state index in [0.29, 0.717) is 26.1 Å². The maximum absolute atomic E-state index is 12.8. The van der Waals surface area contributed by atoms with Crippen LogP contribution in [-0.2, 0) is 17.9 Å². The Morgan fingerprint density at radius 2 is 1.80 bits per heavy atom. The van der Waals surface area contributed by atoms with Crippen LogP contribution in [0.5, 0.6) is 0 Å². The Morgan fingerprint density at radius 1 is 1.17 bits per heavy atom. The van der Waals surface area contributed by atoms with E-state index in [1.165, 1.54) is 34.9 Å². The van der Waals surface area contributed by atoms with E-state index in [9.17, 15) is 27.6 Å². The molecule has 0 aliphatic heterocycles. The molecule has 0 unspecified atom stereocenters. The van der Waals surface area contributed by atoms with E-state index in [4.69, 9.17) is 11.6 Å². The number of hydrogen-bond acceptors (Lipinski definition) is 6. The molecule has 0 atom stereocenters. The van der Waals surface area contributed by atoms with Gasteiger partial charge in [-0.05, 0) is 24.3 Å². The number of rotatable bonds is 6. The van der Waals surface area contributed by atoms with Gasteiger partial charge in [-0.3, -0.25) is 14.2 Å². The minimum Gasteiger partial charge on any atom is -0.350 e. The van der Waals surface area contributed by atoms with Crippen molar-refractivity contribution in [3.05, 3.63) is 51.4 Å². The van der Waals surface area contributed by atoms with Crippen LogP contribution in [0.2, 0.25) is 5.02 Å². The van der Waals surface area contributed by atoms with E-state index in [-0.39, 0.29) is 35.4 Å². The zero-order chi connectivity index (χ0) is 22.2. The summed E-state index contributed by atoms with van der Waals surface area (Å²) in [4.78, 5) is 39.8. The van der Waals surface area contributed by atoms with Crippen molar-refractivity contribution in [2.24, 2.45) is 0 Å². The summed E-state index contributed by atoms with van der Waals surface area (Å²) in [7, 11) is 0. The molecule has 0 fully saturated rings. The van der Waals surface area contributed by atoms with Crippen molar-refractivity contribution >= 4 is 39.7 Å². The number of carbonyl (C=O) groups excluding carboxylic acids is 2. The Hall–Kier alpha value is -2.75. The molecule has 2 heterocycles. The molecule has 156 valence electrons. The second kappa shape index (κ2) is 8.18. The molecule has 9 nitrogen and oxygen atoms in total. The number of alkyl halides is 3. The Kier molecular flexibility index (Phi) is 5.98. The number of nitrogens with zero attached hydrogens (tertiary/aromatic N) is 6. The number of aromatic nitrogens is 6. The molecule has 0 aliphatic carbocycles. The summed E-state index contributed by atoms with van der Waals surface area (Å²) in [5.74, 6) is -2.37. The quantitative estimate of drug-likeness (QED) is 0.400. The van der Waals surface area contributed by atoms with Gasteiger partial charge in [-0.2, -0.15) is 18.3 Å². The zero-order valence-corrected chi connectivity index (χ0v) is 18.4. The summed E-state index contributed by atoms with van der Waals surface area (Å²) in [6.07, 6.45) is -5.11. The van der Waals surface area contributed by atoms with Crippen LogP contribution in [-0.4, -0.2) is 62.3 Å².